The van der Waals surface area contributed by atoms with E-state index in [2.05, 4.69) is 38.2 Å². The molecule has 1 unspecified atom stereocenters. The summed E-state index contributed by atoms with van der Waals surface area (Å²) in [5.41, 5.74) is 5.32. The molecule has 0 fully saturated rings. The summed E-state index contributed by atoms with van der Waals surface area (Å²) in [6.07, 6.45) is 33.5. The second kappa shape index (κ2) is 34.4. The van der Waals surface area contributed by atoms with E-state index in [1.54, 1.807) is 0 Å². The highest BCUT2D eigenvalue weighted by Crippen LogP contribution is 2.43. The number of ether oxygens (including phenoxy) is 2. The zero-order chi connectivity index (χ0) is 34.7. The van der Waals surface area contributed by atoms with E-state index in [4.69, 9.17) is 24.3 Å². The molecule has 2 atom stereocenters. The molecule has 0 aliphatic carbocycles. The maximum Gasteiger partial charge on any atom is 0.472 e. The van der Waals surface area contributed by atoms with Crippen molar-refractivity contribution in [2.24, 2.45) is 5.73 Å². The molecule has 0 heterocycles. The molecule has 0 rings (SSSR count). The minimum atomic E-state index is -4.37. The number of hydrogen-bond acceptors (Lipinski definition) is 8. The molecule has 0 amide bonds. The maximum atomic E-state index is 12.5. The van der Waals surface area contributed by atoms with Gasteiger partial charge >= 0.3 is 19.8 Å². The molecule has 9 nitrogen and oxygen atoms in total. The Morgan fingerprint density at radius 1 is 0.617 bits per heavy atom. The van der Waals surface area contributed by atoms with Crippen molar-refractivity contribution in [1.82, 2.24) is 0 Å². The van der Waals surface area contributed by atoms with Crippen LogP contribution in [0.1, 0.15) is 168 Å². The van der Waals surface area contributed by atoms with Crippen LogP contribution in [0.25, 0.3) is 0 Å². The SMILES string of the molecule is CCCCCCCC/C=C/CCCCCC(=O)OC[C@H](COP(=O)(O)OCCN)OC(=O)CCCCC/C=C/CCCCCCCC. The van der Waals surface area contributed by atoms with Crippen LogP contribution in [0.15, 0.2) is 24.3 Å². The first-order valence-electron chi connectivity index (χ1n) is 18.8. The smallest absolute Gasteiger partial charge is 0.462 e. The number of carbonyl (C=O) groups excluding carboxylic acids is 2. The molecule has 0 bridgehead atoms. The van der Waals surface area contributed by atoms with Crippen molar-refractivity contribution in [2.75, 3.05) is 26.4 Å². The van der Waals surface area contributed by atoms with Crippen LogP contribution in [0.4, 0.5) is 0 Å². The largest absolute Gasteiger partial charge is 0.472 e. The van der Waals surface area contributed by atoms with E-state index in [0.29, 0.717) is 12.8 Å². The van der Waals surface area contributed by atoms with Crippen molar-refractivity contribution in [3.63, 3.8) is 0 Å². The van der Waals surface area contributed by atoms with Crippen molar-refractivity contribution >= 4 is 19.8 Å². The van der Waals surface area contributed by atoms with Crippen LogP contribution >= 0.6 is 7.82 Å². The Hall–Kier alpha value is -1.51. The van der Waals surface area contributed by atoms with Crippen molar-refractivity contribution in [1.29, 1.82) is 0 Å². The quantitative estimate of drug-likeness (QED) is 0.0289. The molecule has 0 saturated carbocycles. The van der Waals surface area contributed by atoms with Crippen molar-refractivity contribution in [3.8, 4) is 0 Å². The Balaban J connectivity index is 4.28. The molecule has 0 aliphatic rings. The third-order valence-corrected chi connectivity index (χ3v) is 8.79. The number of carbonyl (C=O) groups is 2. The lowest BCUT2D eigenvalue weighted by atomic mass is 10.1. The van der Waals surface area contributed by atoms with Crippen LogP contribution in [0, 0.1) is 0 Å². The van der Waals surface area contributed by atoms with Gasteiger partial charge in [-0.05, 0) is 64.2 Å². The van der Waals surface area contributed by atoms with E-state index in [1.807, 2.05) is 0 Å². The number of hydrogen-bond donors (Lipinski definition) is 2. The fourth-order valence-electron chi connectivity index (χ4n) is 4.97. The van der Waals surface area contributed by atoms with Crippen LogP contribution in [0.5, 0.6) is 0 Å². The number of allylic oxidation sites excluding steroid dienone is 4. The van der Waals surface area contributed by atoms with E-state index in [-0.39, 0.29) is 32.6 Å². The molecular weight excluding hydrogens is 617 g/mol. The Morgan fingerprint density at radius 3 is 1.51 bits per heavy atom. The van der Waals surface area contributed by atoms with Gasteiger partial charge in [-0.25, -0.2) is 4.57 Å². The predicted octanol–water partition coefficient (Wildman–Crippen LogP) is 10.0. The van der Waals surface area contributed by atoms with E-state index in [1.165, 1.54) is 77.0 Å². The average Bonchev–Trinajstić information content (AvgIpc) is 3.05. The lowest BCUT2D eigenvalue weighted by Gasteiger charge is -2.19. The van der Waals surface area contributed by atoms with Gasteiger partial charge in [0.2, 0.25) is 0 Å². The number of rotatable bonds is 35. The van der Waals surface area contributed by atoms with E-state index in [9.17, 15) is 19.0 Å². The van der Waals surface area contributed by atoms with Crippen LogP contribution in [0.3, 0.4) is 0 Å². The van der Waals surface area contributed by atoms with Crippen molar-refractivity contribution < 1.29 is 37.6 Å². The fraction of sp³-hybridized carbons (Fsp3) is 0.838. The van der Waals surface area contributed by atoms with Gasteiger partial charge in [-0.3, -0.25) is 18.6 Å². The Bertz CT molecular complexity index is 835. The second-order valence-electron chi connectivity index (χ2n) is 12.4. The van der Waals surface area contributed by atoms with Gasteiger partial charge in [0.05, 0.1) is 13.2 Å². The van der Waals surface area contributed by atoms with Gasteiger partial charge in [0.15, 0.2) is 6.10 Å². The topological polar surface area (TPSA) is 134 Å². The fourth-order valence-corrected chi connectivity index (χ4v) is 5.74. The maximum absolute atomic E-state index is 12.5. The standard InChI is InChI=1S/C37H70NO8P/c1-3-5-7-9-11-13-15-17-19-21-23-25-27-29-36(39)43-33-35(34-45-47(41,42)44-32-31-38)46-37(40)30-28-26-24-22-20-18-16-14-12-10-8-6-4-2/h17-20,35H,3-16,21-34,38H2,1-2H3,(H,41,42)/b19-17+,20-18+/t35-/m1/s1. The highest BCUT2D eigenvalue weighted by molar-refractivity contribution is 7.47. The van der Waals surface area contributed by atoms with Crippen LogP contribution < -0.4 is 5.73 Å². The Labute approximate surface area is 287 Å². The molecule has 0 aromatic rings. The summed E-state index contributed by atoms with van der Waals surface area (Å²) in [5.74, 6) is -0.866. The molecule has 0 aliphatic heterocycles. The molecule has 0 saturated heterocycles. The molecule has 47 heavy (non-hydrogen) atoms. The van der Waals surface area contributed by atoms with Gasteiger partial charge in [-0.1, -0.05) is 115 Å². The summed E-state index contributed by atoms with van der Waals surface area (Å²) < 4.78 is 32.6. The normalized spacial score (nSPS) is 13.7. The first-order chi connectivity index (χ1) is 22.8. The van der Waals surface area contributed by atoms with Crippen molar-refractivity contribution in [2.45, 2.75) is 174 Å². The number of nitrogens with two attached hydrogens (primary N) is 1. The van der Waals surface area contributed by atoms with Crippen LogP contribution in [-0.2, 0) is 32.7 Å². The Kier molecular flexibility index (Phi) is 33.3. The molecule has 0 radical (unpaired) electrons. The monoisotopic (exact) mass is 687 g/mol. The van der Waals surface area contributed by atoms with Crippen molar-refractivity contribution in [3.05, 3.63) is 24.3 Å². The zero-order valence-electron chi connectivity index (χ0n) is 30.0. The summed E-state index contributed by atoms with van der Waals surface area (Å²) in [6.45, 7) is 3.67. The molecule has 276 valence electrons. The van der Waals surface area contributed by atoms with Crippen LogP contribution in [0.2, 0.25) is 0 Å². The molecular formula is C37H70NO8P. The average molecular weight is 688 g/mol. The summed E-state index contributed by atoms with van der Waals surface area (Å²) in [5, 5.41) is 0. The van der Waals surface area contributed by atoms with E-state index >= 15 is 0 Å². The summed E-state index contributed by atoms with van der Waals surface area (Å²) in [6, 6.07) is 0. The van der Waals surface area contributed by atoms with Gasteiger partial charge in [0.1, 0.15) is 6.61 Å². The van der Waals surface area contributed by atoms with Gasteiger partial charge < -0.3 is 20.1 Å². The third-order valence-electron chi connectivity index (χ3n) is 7.81. The minimum absolute atomic E-state index is 0.0499. The summed E-state index contributed by atoms with van der Waals surface area (Å²) in [4.78, 5) is 34.6. The van der Waals surface area contributed by atoms with Crippen LogP contribution in [-0.4, -0.2) is 49.3 Å². The van der Waals surface area contributed by atoms with E-state index < -0.39 is 32.5 Å². The summed E-state index contributed by atoms with van der Waals surface area (Å²) >= 11 is 0. The number of esters is 2. The molecule has 0 spiro atoms. The molecule has 3 N–H and O–H groups in total. The molecule has 0 aromatic heterocycles. The molecule has 0 aromatic carbocycles. The first-order valence-corrected chi connectivity index (χ1v) is 20.3. The van der Waals surface area contributed by atoms with Gasteiger partial charge in [0, 0.05) is 19.4 Å². The number of phosphoric ester groups is 1. The number of unbranched alkanes of at least 4 members (excludes halogenated alkanes) is 18. The van der Waals surface area contributed by atoms with Gasteiger partial charge in [0.25, 0.3) is 0 Å². The minimum Gasteiger partial charge on any atom is -0.462 e. The lowest BCUT2D eigenvalue weighted by Crippen LogP contribution is -2.29. The number of phosphoric acid groups is 1. The zero-order valence-corrected chi connectivity index (χ0v) is 30.9. The highest BCUT2D eigenvalue weighted by atomic mass is 31.2. The predicted molar refractivity (Wildman–Crippen MR) is 192 cm³/mol. The Morgan fingerprint density at radius 2 is 1.04 bits per heavy atom. The third kappa shape index (κ3) is 34.2. The summed E-state index contributed by atoms with van der Waals surface area (Å²) in [7, 11) is -4.37. The highest BCUT2D eigenvalue weighted by Gasteiger charge is 2.25. The second-order valence-corrected chi connectivity index (χ2v) is 13.9. The molecule has 10 heteroatoms. The van der Waals surface area contributed by atoms with Gasteiger partial charge in [-0.15, -0.1) is 0 Å². The van der Waals surface area contributed by atoms with E-state index in [0.717, 1.165) is 51.4 Å². The van der Waals surface area contributed by atoms with Gasteiger partial charge in [-0.2, -0.15) is 0 Å². The lowest BCUT2D eigenvalue weighted by molar-refractivity contribution is -0.161. The first kappa shape index (κ1) is 45.5.